The number of amides is 1. The highest BCUT2D eigenvalue weighted by molar-refractivity contribution is 6.30. The van der Waals surface area contributed by atoms with Crippen LogP contribution in [0.25, 0.3) is 11.3 Å². The van der Waals surface area contributed by atoms with Gasteiger partial charge in [-0.15, -0.1) is 0 Å². The number of hydrogen-bond acceptors (Lipinski definition) is 3. The maximum Gasteiger partial charge on any atom is 0.265 e. The van der Waals surface area contributed by atoms with Crippen LogP contribution in [-0.4, -0.2) is 21.6 Å². The molecule has 5 nitrogen and oxygen atoms in total. The van der Waals surface area contributed by atoms with Crippen LogP contribution >= 0.6 is 11.6 Å². The number of carbonyl (C=O) groups is 1. The smallest absolute Gasteiger partial charge is 0.265 e. The number of hydrogen-bond donors (Lipinski definition) is 1. The van der Waals surface area contributed by atoms with Crippen molar-refractivity contribution in [3.8, 4) is 17.0 Å². The predicted octanol–water partition coefficient (Wildman–Crippen LogP) is 4.95. The molecule has 0 saturated carbocycles. The summed E-state index contributed by atoms with van der Waals surface area (Å²) in [5.74, 6) is 1.45. The summed E-state index contributed by atoms with van der Waals surface area (Å²) in [5, 5.41) is 3.55. The normalized spacial score (nSPS) is 14.2. The SMILES string of the molecule is CC(Oc1cccc(Cl)c1)C(=O)Nc1ccccc1-c1cn2c(n1)CCCC2. The van der Waals surface area contributed by atoms with Gasteiger partial charge in [0.1, 0.15) is 11.6 Å². The zero-order valence-electron chi connectivity index (χ0n) is 15.7. The maximum absolute atomic E-state index is 12.7. The van der Waals surface area contributed by atoms with Gasteiger partial charge in [-0.05, 0) is 44.0 Å². The fourth-order valence-corrected chi connectivity index (χ4v) is 3.57. The molecule has 144 valence electrons. The van der Waals surface area contributed by atoms with E-state index in [4.69, 9.17) is 21.3 Å². The topological polar surface area (TPSA) is 56.1 Å². The van der Waals surface area contributed by atoms with E-state index < -0.39 is 6.10 Å². The number of rotatable bonds is 5. The molecule has 28 heavy (non-hydrogen) atoms. The van der Waals surface area contributed by atoms with Gasteiger partial charge in [0.2, 0.25) is 0 Å². The highest BCUT2D eigenvalue weighted by Gasteiger charge is 2.19. The minimum Gasteiger partial charge on any atom is -0.481 e. The molecular weight excluding hydrogens is 374 g/mol. The first-order valence-electron chi connectivity index (χ1n) is 9.49. The van der Waals surface area contributed by atoms with Crippen LogP contribution < -0.4 is 10.1 Å². The summed E-state index contributed by atoms with van der Waals surface area (Å²) in [6, 6.07) is 14.7. The summed E-state index contributed by atoms with van der Waals surface area (Å²) in [6.07, 6.45) is 4.76. The lowest BCUT2D eigenvalue weighted by molar-refractivity contribution is -0.122. The Morgan fingerprint density at radius 3 is 2.89 bits per heavy atom. The van der Waals surface area contributed by atoms with E-state index in [-0.39, 0.29) is 5.91 Å². The van der Waals surface area contributed by atoms with Crippen molar-refractivity contribution in [2.24, 2.45) is 0 Å². The van der Waals surface area contributed by atoms with Crippen LogP contribution in [0.5, 0.6) is 5.75 Å². The van der Waals surface area contributed by atoms with Crippen LogP contribution in [0.2, 0.25) is 5.02 Å². The Balaban J connectivity index is 1.52. The van der Waals surface area contributed by atoms with Crippen molar-refractivity contribution in [2.75, 3.05) is 5.32 Å². The van der Waals surface area contributed by atoms with Gasteiger partial charge in [0.15, 0.2) is 6.10 Å². The number of fused-ring (bicyclic) bond motifs is 1. The van der Waals surface area contributed by atoms with E-state index in [1.165, 1.54) is 12.8 Å². The second kappa shape index (κ2) is 8.07. The molecule has 4 rings (SSSR count). The first-order valence-corrected chi connectivity index (χ1v) is 9.86. The molecule has 1 unspecified atom stereocenters. The summed E-state index contributed by atoms with van der Waals surface area (Å²) >= 11 is 5.98. The lowest BCUT2D eigenvalue weighted by atomic mass is 10.1. The number of anilines is 1. The molecule has 0 radical (unpaired) electrons. The molecule has 0 fully saturated rings. The van der Waals surface area contributed by atoms with E-state index >= 15 is 0 Å². The van der Waals surface area contributed by atoms with Crippen LogP contribution in [0.15, 0.2) is 54.7 Å². The van der Waals surface area contributed by atoms with E-state index in [9.17, 15) is 4.79 Å². The van der Waals surface area contributed by atoms with Gasteiger partial charge in [0, 0.05) is 29.7 Å². The minimum atomic E-state index is -0.665. The molecule has 2 heterocycles. The van der Waals surface area contributed by atoms with Gasteiger partial charge in [-0.25, -0.2) is 4.98 Å². The standard InChI is InChI=1S/C22H22ClN3O2/c1-15(28-17-8-6-7-16(23)13-17)22(27)25-19-10-3-2-9-18(19)20-14-26-12-5-4-11-21(26)24-20/h2-3,6-10,13-15H,4-5,11-12H2,1H3,(H,25,27). The van der Waals surface area contributed by atoms with Gasteiger partial charge in [-0.1, -0.05) is 35.9 Å². The Morgan fingerprint density at radius 1 is 1.21 bits per heavy atom. The molecule has 0 bridgehead atoms. The van der Waals surface area contributed by atoms with Crippen LogP contribution in [0.3, 0.4) is 0 Å². The largest absolute Gasteiger partial charge is 0.481 e. The third-order valence-corrected chi connectivity index (χ3v) is 5.08. The molecule has 3 aromatic rings. The fraction of sp³-hybridized carbons (Fsp3) is 0.273. The molecule has 0 spiro atoms. The summed E-state index contributed by atoms with van der Waals surface area (Å²) in [7, 11) is 0. The van der Waals surface area contributed by atoms with Gasteiger partial charge in [-0.3, -0.25) is 4.79 Å². The average Bonchev–Trinajstić information content (AvgIpc) is 3.12. The Hall–Kier alpha value is -2.79. The minimum absolute atomic E-state index is 0.226. The number of nitrogens with zero attached hydrogens (tertiary/aromatic N) is 2. The van der Waals surface area contributed by atoms with Crippen molar-refractivity contribution in [3.05, 3.63) is 65.6 Å². The maximum atomic E-state index is 12.7. The van der Waals surface area contributed by atoms with E-state index in [1.54, 1.807) is 31.2 Å². The van der Waals surface area contributed by atoms with Gasteiger partial charge >= 0.3 is 0 Å². The number of halogens is 1. The molecule has 0 aliphatic carbocycles. The molecule has 1 aromatic heterocycles. The van der Waals surface area contributed by atoms with E-state index in [0.29, 0.717) is 10.8 Å². The zero-order valence-corrected chi connectivity index (χ0v) is 16.4. The third kappa shape index (κ3) is 4.04. The Labute approximate surface area is 169 Å². The van der Waals surface area contributed by atoms with Crippen LogP contribution in [0.1, 0.15) is 25.6 Å². The molecule has 1 aliphatic rings. The van der Waals surface area contributed by atoms with Gasteiger partial charge in [0.05, 0.1) is 11.4 Å². The molecule has 2 aromatic carbocycles. The predicted molar refractivity (Wildman–Crippen MR) is 111 cm³/mol. The van der Waals surface area contributed by atoms with Crippen LogP contribution in [-0.2, 0) is 17.8 Å². The third-order valence-electron chi connectivity index (χ3n) is 4.85. The van der Waals surface area contributed by atoms with Crippen LogP contribution in [0, 0.1) is 0 Å². The molecule has 1 aliphatic heterocycles. The van der Waals surface area contributed by atoms with Crippen molar-refractivity contribution in [2.45, 2.75) is 38.8 Å². The summed E-state index contributed by atoms with van der Waals surface area (Å²) in [5.41, 5.74) is 2.52. The number of imidazole rings is 1. The Morgan fingerprint density at radius 2 is 2.07 bits per heavy atom. The number of carbonyl (C=O) groups excluding carboxylic acids is 1. The van der Waals surface area contributed by atoms with Gasteiger partial charge in [-0.2, -0.15) is 0 Å². The van der Waals surface area contributed by atoms with Gasteiger partial charge < -0.3 is 14.6 Å². The Bertz CT molecular complexity index is 975. The molecule has 1 atom stereocenters. The highest BCUT2D eigenvalue weighted by Crippen LogP contribution is 2.29. The second-order valence-corrected chi connectivity index (χ2v) is 7.38. The number of benzene rings is 2. The van der Waals surface area contributed by atoms with Gasteiger partial charge in [0.25, 0.3) is 5.91 Å². The van der Waals surface area contributed by atoms with E-state index in [2.05, 4.69) is 16.1 Å². The zero-order chi connectivity index (χ0) is 19.5. The summed E-state index contributed by atoms with van der Waals surface area (Å²) in [4.78, 5) is 17.5. The highest BCUT2D eigenvalue weighted by atomic mass is 35.5. The molecular formula is C22H22ClN3O2. The average molecular weight is 396 g/mol. The van der Waals surface area contributed by atoms with Crippen molar-refractivity contribution in [3.63, 3.8) is 0 Å². The fourth-order valence-electron chi connectivity index (χ4n) is 3.39. The number of ether oxygens (including phenoxy) is 1. The van der Waals surface area contributed by atoms with Crippen molar-refractivity contribution < 1.29 is 9.53 Å². The molecule has 1 amide bonds. The Kier molecular flexibility index (Phi) is 5.35. The van der Waals surface area contributed by atoms with Crippen molar-refractivity contribution in [1.82, 2.24) is 9.55 Å². The summed E-state index contributed by atoms with van der Waals surface area (Å²) in [6.45, 7) is 2.72. The monoisotopic (exact) mass is 395 g/mol. The molecule has 1 N–H and O–H groups in total. The summed E-state index contributed by atoms with van der Waals surface area (Å²) < 4.78 is 7.94. The molecule has 0 saturated heterocycles. The van der Waals surface area contributed by atoms with Crippen molar-refractivity contribution >= 4 is 23.2 Å². The second-order valence-electron chi connectivity index (χ2n) is 6.95. The van der Waals surface area contributed by atoms with Crippen LogP contribution in [0.4, 0.5) is 5.69 Å². The number of nitrogens with one attached hydrogen (secondary N) is 1. The molecule has 6 heteroatoms. The lowest BCUT2D eigenvalue weighted by Gasteiger charge is -2.16. The van der Waals surface area contributed by atoms with Crippen molar-refractivity contribution in [1.29, 1.82) is 0 Å². The first kappa shape index (κ1) is 18.6. The number of para-hydroxylation sites is 1. The number of aromatic nitrogens is 2. The quantitative estimate of drug-likeness (QED) is 0.665. The first-order chi connectivity index (χ1) is 13.6. The lowest BCUT2D eigenvalue weighted by Crippen LogP contribution is -2.30. The number of aryl methyl sites for hydroxylation is 2. The van der Waals surface area contributed by atoms with E-state index in [1.807, 2.05) is 24.3 Å². The van der Waals surface area contributed by atoms with E-state index in [0.717, 1.165) is 35.7 Å².